The first-order valence-electron chi connectivity index (χ1n) is 7.17. The van der Waals surface area contributed by atoms with E-state index in [2.05, 4.69) is 0 Å². The molecule has 5 nitrogen and oxygen atoms in total. The van der Waals surface area contributed by atoms with Crippen molar-refractivity contribution in [2.45, 2.75) is 44.6 Å². The van der Waals surface area contributed by atoms with Crippen LogP contribution in [0.4, 0.5) is 4.39 Å². The quantitative estimate of drug-likeness (QED) is 0.923. The second-order valence-corrected chi connectivity index (χ2v) is 7.70. The second-order valence-electron chi connectivity index (χ2n) is 5.81. The summed E-state index contributed by atoms with van der Waals surface area (Å²) < 4.78 is 40.5. The zero-order valence-electron chi connectivity index (χ0n) is 12.8. The number of rotatable bonds is 3. The number of benzene rings is 1. The van der Waals surface area contributed by atoms with Gasteiger partial charge in [-0.15, -0.1) is 0 Å². The molecule has 0 amide bonds. The Morgan fingerprint density at radius 3 is 2.36 bits per heavy atom. The molecule has 1 aliphatic heterocycles. The van der Waals surface area contributed by atoms with Crippen LogP contribution in [0.25, 0.3) is 0 Å². The lowest BCUT2D eigenvalue weighted by atomic mass is 9.92. The zero-order valence-corrected chi connectivity index (χ0v) is 13.7. The van der Waals surface area contributed by atoms with E-state index in [4.69, 9.17) is 0 Å². The van der Waals surface area contributed by atoms with E-state index < -0.39 is 33.8 Å². The first kappa shape index (κ1) is 16.9. The number of hydrogen-bond acceptors (Lipinski definition) is 3. The van der Waals surface area contributed by atoms with Gasteiger partial charge < -0.3 is 5.11 Å². The third-order valence-electron chi connectivity index (χ3n) is 4.26. The molecule has 122 valence electrons. The van der Waals surface area contributed by atoms with Crippen molar-refractivity contribution in [1.82, 2.24) is 4.31 Å². The van der Waals surface area contributed by atoms with Crippen molar-refractivity contribution in [3.05, 3.63) is 29.1 Å². The fourth-order valence-electron chi connectivity index (χ4n) is 2.97. The maximum absolute atomic E-state index is 13.7. The molecule has 2 rings (SSSR count). The lowest BCUT2D eigenvalue weighted by molar-refractivity contribution is -0.144. The van der Waals surface area contributed by atoms with Crippen molar-refractivity contribution < 1.29 is 22.7 Å². The van der Waals surface area contributed by atoms with Gasteiger partial charge in [-0.25, -0.2) is 12.8 Å². The lowest BCUT2D eigenvalue weighted by Crippen LogP contribution is -2.49. The van der Waals surface area contributed by atoms with Crippen LogP contribution in [-0.4, -0.2) is 36.4 Å². The van der Waals surface area contributed by atoms with E-state index in [1.807, 2.05) is 0 Å². The van der Waals surface area contributed by atoms with Crippen LogP contribution in [0.2, 0.25) is 0 Å². The van der Waals surface area contributed by atoms with Crippen LogP contribution in [0, 0.1) is 25.6 Å². The van der Waals surface area contributed by atoms with Crippen molar-refractivity contribution in [3.63, 3.8) is 0 Å². The van der Waals surface area contributed by atoms with Crippen molar-refractivity contribution >= 4 is 16.0 Å². The molecule has 1 fully saturated rings. The third kappa shape index (κ3) is 2.87. The molecule has 22 heavy (non-hydrogen) atoms. The van der Waals surface area contributed by atoms with Crippen LogP contribution in [-0.2, 0) is 14.8 Å². The molecule has 1 aliphatic rings. The van der Waals surface area contributed by atoms with E-state index in [1.165, 1.54) is 30.3 Å². The summed E-state index contributed by atoms with van der Waals surface area (Å²) in [6.07, 6.45) is 0.962. The molecule has 1 heterocycles. The van der Waals surface area contributed by atoms with Crippen molar-refractivity contribution in [3.8, 4) is 0 Å². The Kier molecular flexibility index (Phi) is 4.58. The highest BCUT2D eigenvalue weighted by Gasteiger charge is 2.39. The molecule has 1 aromatic rings. The number of carboxylic acid groups (broad SMARTS) is 1. The molecule has 0 aromatic heterocycles. The number of aryl methyl sites for hydroxylation is 2. The van der Waals surface area contributed by atoms with Crippen LogP contribution in [0.15, 0.2) is 17.0 Å². The average molecular weight is 329 g/mol. The van der Waals surface area contributed by atoms with Gasteiger partial charge in [0, 0.05) is 12.6 Å². The standard InChI is InChI=1S/C15H20FNO4S/c1-9-7-12(8-10(2)14(9)16)22(20,21)17-6-4-5-13(11(17)3)15(18)19/h7-8,11,13H,4-6H2,1-3H3,(H,18,19)/t11-,13-/m1/s1. The molecule has 1 aromatic carbocycles. The number of halogens is 1. The number of carbonyl (C=O) groups is 1. The third-order valence-corrected chi connectivity index (χ3v) is 6.23. The first-order valence-corrected chi connectivity index (χ1v) is 8.61. The summed E-state index contributed by atoms with van der Waals surface area (Å²) >= 11 is 0. The number of carboxylic acids is 1. The highest BCUT2D eigenvalue weighted by atomic mass is 32.2. The normalized spacial score (nSPS) is 23.5. The fourth-order valence-corrected chi connectivity index (χ4v) is 4.85. The SMILES string of the molecule is Cc1cc(S(=O)(=O)N2CCC[C@@H](C(=O)O)[C@H]2C)cc(C)c1F. The maximum atomic E-state index is 13.7. The Bertz CT molecular complexity index is 678. The van der Waals surface area contributed by atoms with E-state index in [-0.39, 0.29) is 22.6 Å². The number of piperidine rings is 1. The minimum absolute atomic E-state index is 0.0155. The van der Waals surface area contributed by atoms with Crippen molar-refractivity contribution in [2.75, 3.05) is 6.54 Å². The summed E-state index contributed by atoms with van der Waals surface area (Å²) in [5.74, 6) is -2.13. The summed E-state index contributed by atoms with van der Waals surface area (Å²) in [5, 5.41) is 9.22. The Balaban J connectivity index is 2.44. The highest BCUT2D eigenvalue weighted by molar-refractivity contribution is 7.89. The second kappa shape index (κ2) is 5.96. The van der Waals surface area contributed by atoms with Crippen LogP contribution >= 0.6 is 0 Å². The summed E-state index contributed by atoms with van der Waals surface area (Å²) in [6, 6.07) is 1.98. The van der Waals surface area contributed by atoms with Crippen molar-refractivity contribution in [1.29, 1.82) is 0 Å². The molecule has 0 saturated carbocycles. The van der Waals surface area contributed by atoms with Crippen LogP contribution in [0.1, 0.15) is 30.9 Å². The molecule has 0 bridgehead atoms. The van der Waals surface area contributed by atoms with Crippen molar-refractivity contribution in [2.24, 2.45) is 5.92 Å². The summed E-state index contributed by atoms with van der Waals surface area (Å²) in [6.45, 7) is 4.92. The highest BCUT2D eigenvalue weighted by Crippen LogP contribution is 2.30. The van der Waals surface area contributed by atoms with Crippen LogP contribution in [0.5, 0.6) is 0 Å². The molecule has 1 saturated heterocycles. The number of sulfonamides is 1. The van der Waals surface area contributed by atoms with Gasteiger partial charge in [-0.3, -0.25) is 4.79 Å². The van der Waals surface area contributed by atoms with E-state index >= 15 is 0 Å². The lowest BCUT2D eigenvalue weighted by Gasteiger charge is -2.36. The Morgan fingerprint density at radius 1 is 1.32 bits per heavy atom. The predicted molar refractivity (Wildman–Crippen MR) is 79.6 cm³/mol. The molecule has 0 radical (unpaired) electrons. The monoisotopic (exact) mass is 329 g/mol. The van der Waals surface area contributed by atoms with E-state index in [9.17, 15) is 22.7 Å². The summed E-state index contributed by atoms with van der Waals surface area (Å²) in [5.41, 5.74) is 0.524. The minimum atomic E-state index is -3.84. The molecule has 0 aliphatic carbocycles. The number of hydrogen-bond donors (Lipinski definition) is 1. The molecule has 2 atom stereocenters. The van der Waals surface area contributed by atoms with Gasteiger partial charge in [0.1, 0.15) is 5.82 Å². The van der Waals surface area contributed by atoms with E-state index in [0.29, 0.717) is 12.8 Å². The molecular formula is C15H20FNO4S. The zero-order chi connectivity index (χ0) is 16.7. The first-order chi connectivity index (χ1) is 10.2. The number of nitrogens with zero attached hydrogens (tertiary/aromatic N) is 1. The van der Waals surface area contributed by atoms with Gasteiger partial charge in [-0.1, -0.05) is 0 Å². The van der Waals surface area contributed by atoms with Gasteiger partial charge in [0.25, 0.3) is 0 Å². The topological polar surface area (TPSA) is 74.7 Å². The van der Waals surface area contributed by atoms with Gasteiger partial charge in [-0.2, -0.15) is 4.31 Å². The van der Waals surface area contributed by atoms with Gasteiger partial charge in [0.05, 0.1) is 10.8 Å². The predicted octanol–water partition coefficient (Wildman–Crippen LogP) is 2.32. The van der Waals surface area contributed by atoms with E-state index in [1.54, 1.807) is 6.92 Å². The summed E-state index contributed by atoms with van der Waals surface area (Å²) in [4.78, 5) is 11.3. The largest absolute Gasteiger partial charge is 0.481 e. The van der Waals surface area contributed by atoms with Gasteiger partial charge >= 0.3 is 5.97 Å². The molecule has 7 heteroatoms. The molecule has 0 unspecified atom stereocenters. The average Bonchev–Trinajstić information content (AvgIpc) is 2.43. The minimum Gasteiger partial charge on any atom is -0.481 e. The Morgan fingerprint density at radius 2 is 1.86 bits per heavy atom. The smallest absolute Gasteiger partial charge is 0.308 e. The van der Waals surface area contributed by atoms with Gasteiger partial charge in [0.15, 0.2) is 0 Å². The molecule has 0 spiro atoms. The fraction of sp³-hybridized carbons (Fsp3) is 0.533. The van der Waals surface area contributed by atoms with E-state index in [0.717, 1.165) is 0 Å². The number of aliphatic carboxylic acids is 1. The van der Waals surface area contributed by atoms with Gasteiger partial charge in [0.2, 0.25) is 10.0 Å². The molecule has 1 N–H and O–H groups in total. The summed E-state index contributed by atoms with van der Waals surface area (Å²) in [7, 11) is -3.84. The molecular weight excluding hydrogens is 309 g/mol. The van der Waals surface area contributed by atoms with Crippen LogP contribution < -0.4 is 0 Å². The van der Waals surface area contributed by atoms with Gasteiger partial charge in [-0.05, 0) is 56.9 Å². The Hall–Kier alpha value is -1.47. The maximum Gasteiger partial charge on any atom is 0.308 e. The van der Waals surface area contributed by atoms with Crippen LogP contribution in [0.3, 0.4) is 0 Å². The Labute approximate surface area is 129 Å².